The predicted octanol–water partition coefficient (Wildman–Crippen LogP) is 2.50. The van der Waals surface area contributed by atoms with Crippen LogP contribution in [0.2, 0.25) is 0 Å². The molecule has 0 aliphatic heterocycles. The lowest BCUT2D eigenvalue weighted by atomic mass is 10.1. The number of hydrogen-bond acceptors (Lipinski definition) is 6. The van der Waals surface area contributed by atoms with Crippen LogP contribution >= 0.6 is 0 Å². The standard InChI is InChI=1S/C17H17N3O6/c1-26-12-8-6-11(7-9-12)18-17(23)14(10-16(21)22)19-13-4-2-3-5-15(13)20(24)25/h2-9,14,19H,10H2,1H3,(H,18,23)(H,21,22)/t14-/m1/s1. The second-order valence-corrected chi connectivity index (χ2v) is 5.29. The minimum atomic E-state index is -1.22. The molecule has 0 spiro atoms. The number of rotatable bonds is 8. The molecular formula is C17H17N3O6. The number of para-hydroxylation sites is 2. The molecule has 1 amide bonds. The van der Waals surface area contributed by atoms with E-state index in [1.54, 1.807) is 30.3 Å². The molecule has 2 rings (SSSR count). The summed E-state index contributed by atoms with van der Waals surface area (Å²) in [5, 5.41) is 25.4. The number of amides is 1. The molecule has 0 fully saturated rings. The Kier molecular flexibility index (Phi) is 6.10. The number of nitrogens with one attached hydrogen (secondary N) is 2. The zero-order valence-corrected chi connectivity index (χ0v) is 13.8. The SMILES string of the molecule is COc1ccc(NC(=O)[C@@H](CC(=O)O)Nc2ccccc2[N+](=O)[O-])cc1. The van der Waals surface area contributed by atoms with E-state index in [2.05, 4.69) is 10.6 Å². The number of anilines is 2. The van der Waals surface area contributed by atoms with Crippen molar-refractivity contribution < 1.29 is 24.4 Å². The third-order valence-electron chi connectivity index (χ3n) is 3.48. The van der Waals surface area contributed by atoms with Gasteiger partial charge in [0.1, 0.15) is 17.5 Å². The van der Waals surface area contributed by atoms with Crippen LogP contribution in [0.4, 0.5) is 17.1 Å². The van der Waals surface area contributed by atoms with Crippen LogP contribution in [0.5, 0.6) is 5.75 Å². The van der Waals surface area contributed by atoms with Crippen LogP contribution in [-0.4, -0.2) is 35.1 Å². The molecule has 136 valence electrons. The number of methoxy groups -OCH3 is 1. The molecule has 9 heteroatoms. The van der Waals surface area contributed by atoms with Gasteiger partial charge in [-0.25, -0.2) is 0 Å². The predicted molar refractivity (Wildman–Crippen MR) is 94.4 cm³/mol. The Labute approximate surface area is 148 Å². The highest BCUT2D eigenvalue weighted by Gasteiger charge is 2.24. The Balaban J connectivity index is 2.19. The summed E-state index contributed by atoms with van der Waals surface area (Å²) in [5.41, 5.74) is 0.254. The molecule has 2 aromatic rings. The van der Waals surface area contributed by atoms with Crippen molar-refractivity contribution in [1.82, 2.24) is 0 Å². The average Bonchev–Trinajstić information content (AvgIpc) is 2.61. The lowest BCUT2D eigenvalue weighted by Gasteiger charge is -2.18. The highest BCUT2D eigenvalue weighted by Crippen LogP contribution is 2.25. The summed E-state index contributed by atoms with van der Waals surface area (Å²) in [5.74, 6) is -1.25. The van der Waals surface area contributed by atoms with E-state index in [1.807, 2.05) is 0 Å². The third kappa shape index (κ3) is 4.94. The number of hydrogen-bond donors (Lipinski definition) is 3. The van der Waals surface area contributed by atoms with Crippen molar-refractivity contribution >= 4 is 28.9 Å². The number of carboxylic acid groups (broad SMARTS) is 1. The van der Waals surface area contributed by atoms with Crippen LogP contribution in [0.3, 0.4) is 0 Å². The molecule has 0 saturated carbocycles. The summed E-state index contributed by atoms with van der Waals surface area (Å²) in [4.78, 5) is 34.0. The Morgan fingerprint density at radius 2 is 1.85 bits per heavy atom. The molecule has 0 unspecified atom stereocenters. The number of benzene rings is 2. The van der Waals surface area contributed by atoms with Crippen LogP contribution in [-0.2, 0) is 9.59 Å². The first kappa shape index (κ1) is 18.7. The van der Waals surface area contributed by atoms with Gasteiger partial charge in [-0.3, -0.25) is 19.7 Å². The van der Waals surface area contributed by atoms with Gasteiger partial charge in [-0.2, -0.15) is 0 Å². The first-order chi connectivity index (χ1) is 12.4. The van der Waals surface area contributed by atoms with Crippen LogP contribution < -0.4 is 15.4 Å². The molecular weight excluding hydrogens is 342 g/mol. The number of ether oxygens (including phenoxy) is 1. The van der Waals surface area contributed by atoms with Gasteiger partial charge in [0.25, 0.3) is 5.69 Å². The minimum Gasteiger partial charge on any atom is -0.497 e. The molecule has 1 atom stereocenters. The molecule has 0 aliphatic rings. The van der Waals surface area contributed by atoms with Crippen molar-refractivity contribution in [3.05, 3.63) is 58.6 Å². The first-order valence-corrected chi connectivity index (χ1v) is 7.57. The van der Waals surface area contributed by atoms with E-state index in [1.165, 1.54) is 25.3 Å². The zero-order chi connectivity index (χ0) is 19.1. The molecule has 0 heterocycles. The maximum atomic E-state index is 12.5. The molecule has 9 nitrogen and oxygen atoms in total. The summed E-state index contributed by atoms with van der Waals surface area (Å²) in [6.07, 6.45) is -0.548. The van der Waals surface area contributed by atoms with Crippen LogP contribution in [0, 0.1) is 10.1 Å². The number of nitrogens with zero attached hydrogens (tertiary/aromatic N) is 1. The van der Waals surface area contributed by atoms with Gasteiger partial charge in [-0.05, 0) is 30.3 Å². The second kappa shape index (κ2) is 8.47. The molecule has 2 aromatic carbocycles. The summed E-state index contributed by atoms with van der Waals surface area (Å²) in [6, 6.07) is 11.0. The molecule has 26 heavy (non-hydrogen) atoms. The fraction of sp³-hybridized carbons (Fsp3) is 0.176. The molecule has 0 bridgehead atoms. The van der Waals surface area contributed by atoms with E-state index in [9.17, 15) is 19.7 Å². The number of carboxylic acids is 1. The Bertz CT molecular complexity index is 806. The number of nitro groups is 1. The van der Waals surface area contributed by atoms with Gasteiger partial charge in [0.05, 0.1) is 18.5 Å². The summed E-state index contributed by atoms with van der Waals surface area (Å²) in [7, 11) is 1.51. The van der Waals surface area contributed by atoms with E-state index in [4.69, 9.17) is 9.84 Å². The average molecular weight is 359 g/mol. The Morgan fingerprint density at radius 1 is 1.19 bits per heavy atom. The maximum Gasteiger partial charge on any atom is 0.305 e. The van der Waals surface area contributed by atoms with Crippen molar-refractivity contribution in [2.75, 3.05) is 17.7 Å². The van der Waals surface area contributed by atoms with Crippen LogP contribution in [0.25, 0.3) is 0 Å². The van der Waals surface area contributed by atoms with E-state index < -0.39 is 29.3 Å². The number of nitro benzene ring substituents is 1. The Morgan fingerprint density at radius 3 is 2.42 bits per heavy atom. The smallest absolute Gasteiger partial charge is 0.305 e. The van der Waals surface area contributed by atoms with Gasteiger partial charge in [0.2, 0.25) is 5.91 Å². The number of carbonyl (C=O) groups is 2. The summed E-state index contributed by atoms with van der Waals surface area (Å²) >= 11 is 0. The molecule has 0 saturated heterocycles. The summed E-state index contributed by atoms with van der Waals surface area (Å²) < 4.78 is 5.02. The van der Waals surface area contributed by atoms with Gasteiger partial charge in [0.15, 0.2) is 0 Å². The second-order valence-electron chi connectivity index (χ2n) is 5.29. The highest BCUT2D eigenvalue weighted by molar-refractivity contribution is 5.98. The number of carbonyl (C=O) groups excluding carboxylic acids is 1. The van der Waals surface area contributed by atoms with Crippen LogP contribution in [0.1, 0.15) is 6.42 Å². The molecule has 0 aliphatic carbocycles. The third-order valence-corrected chi connectivity index (χ3v) is 3.48. The zero-order valence-electron chi connectivity index (χ0n) is 13.8. The van der Waals surface area contributed by atoms with Crippen molar-refractivity contribution in [1.29, 1.82) is 0 Å². The van der Waals surface area contributed by atoms with Crippen molar-refractivity contribution in [2.24, 2.45) is 0 Å². The van der Waals surface area contributed by atoms with Gasteiger partial charge in [-0.15, -0.1) is 0 Å². The fourth-order valence-corrected chi connectivity index (χ4v) is 2.23. The van der Waals surface area contributed by atoms with Crippen molar-refractivity contribution in [2.45, 2.75) is 12.5 Å². The monoisotopic (exact) mass is 359 g/mol. The fourth-order valence-electron chi connectivity index (χ4n) is 2.23. The van der Waals surface area contributed by atoms with E-state index >= 15 is 0 Å². The van der Waals surface area contributed by atoms with Gasteiger partial charge < -0.3 is 20.5 Å². The van der Waals surface area contributed by atoms with Crippen molar-refractivity contribution in [3.63, 3.8) is 0 Å². The van der Waals surface area contributed by atoms with Gasteiger partial charge in [-0.1, -0.05) is 12.1 Å². The Hall–Kier alpha value is -3.62. The van der Waals surface area contributed by atoms with Crippen molar-refractivity contribution in [3.8, 4) is 5.75 Å². The van der Waals surface area contributed by atoms with E-state index in [-0.39, 0.29) is 11.4 Å². The maximum absolute atomic E-state index is 12.5. The first-order valence-electron chi connectivity index (χ1n) is 7.57. The largest absolute Gasteiger partial charge is 0.497 e. The molecule has 0 aromatic heterocycles. The van der Waals surface area contributed by atoms with E-state index in [0.29, 0.717) is 11.4 Å². The van der Waals surface area contributed by atoms with Crippen LogP contribution in [0.15, 0.2) is 48.5 Å². The normalized spacial score (nSPS) is 11.3. The highest BCUT2D eigenvalue weighted by atomic mass is 16.6. The van der Waals surface area contributed by atoms with Gasteiger partial charge >= 0.3 is 5.97 Å². The topological polar surface area (TPSA) is 131 Å². The quantitative estimate of drug-likeness (QED) is 0.487. The molecule has 3 N–H and O–H groups in total. The lowest BCUT2D eigenvalue weighted by Crippen LogP contribution is -2.36. The van der Waals surface area contributed by atoms with Gasteiger partial charge in [0, 0.05) is 11.8 Å². The number of aliphatic carboxylic acids is 1. The molecule has 0 radical (unpaired) electrons. The van der Waals surface area contributed by atoms with E-state index in [0.717, 1.165) is 0 Å². The minimum absolute atomic E-state index is 0.0635. The summed E-state index contributed by atoms with van der Waals surface area (Å²) in [6.45, 7) is 0. The lowest BCUT2D eigenvalue weighted by molar-refractivity contribution is -0.384.